The molecule has 2 rings (SSSR count). The summed E-state index contributed by atoms with van der Waals surface area (Å²) in [5.74, 6) is 0.880. The van der Waals surface area contributed by atoms with E-state index in [1.54, 1.807) is 11.8 Å². The average Bonchev–Trinajstić information content (AvgIpc) is 2.32. The first-order valence-electron chi connectivity index (χ1n) is 4.97. The van der Waals surface area contributed by atoms with Gasteiger partial charge < -0.3 is 0 Å². The molecule has 2 aromatic rings. The van der Waals surface area contributed by atoms with Gasteiger partial charge in [0.2, 0.25) is 0 Å². The Bertz CT molecular complexity index is 403. The van der Waals surface area contributed by atoms with Crippen LogP contribution in [0, 0.1) is 6.92 Å². The van der Waals surface area contributed by atoms with Crippen LogP contribution in [0.15, 0.2) is 59.5 Å². The topological polar surface area (TPSA) is 0 Å². The highest BCUT2D eigenvalue weighted by Crippen LogP contribution is 2.23. The zero-order valence-corrected chi connectivity index (χ0v) is 9.34. The van der Waals surface area contributed by atoms with Crippen molar-refractivity contribution in [1.82, 2.24) is 0 Å². The van der Waals surface area contributed by atoms with Crippen molar-refractivity contribution in [3.63, 3.8) is 0 Å². The molecule has 0 unspecified atom stereocenters. The molecule has 0 N–H and O–H groups in total. The van der Waals surface area contributed by atoms with E-state index in [1.807, 2.05) is 6.07 Å². The lowest BCUT2D eigenvalue weighted by molar-refractivity contribution is 1.45. The van der Waals surface area contributed by atoms with E-state index in [1.165, 1.54) is 16.0 Å². The van der Waals surface area contributed by atoms with Crippen molar-refractivity contribution in [3.05, 3.63) is 61.5 Å². The molecule has 0 saturated carbocycles. The Kier molecular flexibility index (Phi) is 3.46. The average molecular weight is 213 g/mol. The van der Waals surface area contributed by atoms with E-state index < -0.39 is 0 Å². The second kappa shape index (κ2) is 5.04. The zero-order valence-electron chi connectivity index (χ0n) is 8.52. The lowest BCUT2D eigenvalue weighted by Crippen LogP contribution is -1.77. The fourth-order valence-corrected chi connectivity index (χ4v) is 2.06. The van der Waals surface area contributed by atoms with Crippen molar-refractivity contribution < 1.29 is 0 Å². The van der Waals surface area contributed by atoms with Gasteiger partial charge in [-0.3, -0.25) is 0 Å². The third-order valence-corrected chi connectivity index (χ3v) is 3.04. The van der Waals surface area contributed by atoms with Gasteiger partial charge in [-0.2, -0.15) is 0 Å². The van der Waals surface area contributed by atoms with Crippen molar-refractivity contribution in [2.45, 2.75) is 4.90 Å². The first kappa shape index (κ1) is 10.3. The summed E-state index contributed by atoms with van der Waals surface area (Å²) in [5.41, 5.74) is 2.53. The lowest BCUT2D eigenvalue weighted by atomic mass is 10.1. The molecule has 75 valence electrons. The first-order chi connectivity index (χ1) is 7.40. The van der Waals surface area contributed by atoms with Gasteiger partial charge in [0.1, 0.15) is 0 Å². The van der Waals surface area contributed by atoms with Crippen LogP contribution < -0.4 is 0 Å². The summed E-state index contributed by atoms with van der Waals surface area (Å²) in [7, 11) is 0. The van der Waals surface area contributed by atoms with Crippen LogP contribution in [-0.4, -0.2) is 5.75 Å². The quantitative estimate of drug-likeness (QED) is 0.686. The van der Waals surface area contributed by atoms with Gasteiger partial charge in [0.15, 0.2) is 0 Å². The van der Waals surface area contributed by atoms with E-state index in [-0.39, 0.29) is 0 Å². The maximum atomic E-state index is 3.82. The highest BCUT2D eigenvalue weighted by Gasteiger charge is 1.96. The molecule has 0 aliphatic carbocycles. The van der Waals surface area contributed by atoms with Gasteiger partial charge in [-0.1, -0.05) is 42.5 Å². The number of hydrogen-bond donors (Lipinski definition) is 0. The summed E-state index contributed by atoms with van der Waals surface area (Å²) in [6.45, 7) is 3.82. The molecule has 0 aliphatic rings. The minimum atomic E-state index is 0.880. The van der Waals surface area contributed by atoms with E-state index in [0.717, 1.165) is 5.75 Å². The Balaban J connectivity index is 2.24. The van der Waals surface area contributed by atoms with Gasteiger partial charge in [0.05, 0.1) is 0 Å². The second-order valence-electron chi connectivity index (χ2n) is 3.24. The van der Waals surface area contributed by atoms with E-state index >= 15 is 0 Å². The summed E-state index contributed by atoms with van der Waals surface area (Å²) in [6, 6.07) is 19.0. The summed E-state index contributed by atoms with van der Waals surface area (Å²) in [5, 5.41) is 0. The van der Waals surface area contributed by atoms with Crippen LogP contribution in [-0.2, 0) is 0 Å². The maximum absolute atomic E-state index is 3.82. The predicted molar refractivity (Wildman–Crippen MR) is 68.0 cm³/mol. The summed E-state index contributed by atoms with van der Waals surface area (Å²) >= 11 is 1.77. The van der Waals surface area contributed by atoms with E-state index in [0.29, 0.717) is 0 Å². The maximum Gasteiger partial charge on any atom is 0.00723 e. The van der Waals surface area contributed by atoms with Crippen LogP contribution in [0.1, 0.15) is 0 Å². The van der Waals surface area contributed by atoms with Crippen LogP contribution in [0.2, 0.25) is 0 Å². The van der Waals surface area contributed by atoms with Gasteiger partial charge in [-0.05, 0) is 35.9 Å². The normalized spacial score (nSPS) is 10.2. The summed E-state index contributed by atoms with van der Waals surface area (Å²) in [6.07, 6.45) is 0. The Morgan fingerprint density at radius 3 is 2.00 bits per heavy atom. The van der Waals surface area contributed by atoms with Gasteiger partial charge in [-0.15, -0.1) is 11.8 Å². The third kappa shape index (κ3) is 2.63. The molecular formula is C14H13S. The van der Waals surface area contributed by atoms with Gasteiger partial charge in [0.25, 0.3) is 0 Å². The fraction of sp³-hybridized carbons (Fsp3) is 0.0714. The Morgan fingerprint density at radius 2 is 1.40 bits per heavy atom. The van der Waals surface area contributed by atoms with Crippen LogP contribution in [0.5, 0.6) is 0 Å². The molecule has 0 saturated heterocycles. The SMILES string of the molecule is [CH2]CSc1ccc(-c2ccccc2)cc1. The van der Waals surface area contributed by atoms with Gasteiger partial charge >= 0.3 is 0 Å². The second-order valence-corrected chi connectivity index (χ2v) is 4.41. The van der Waals surface area contributed by atoms with Crippen molar-refractivity contribution >= 4 is 11.8 Å². The number of benzene rings is 2. The molecule has 0 nitrogen and oxygen atoms in total. The van der Waals surface area contributed by atoms with Gasteiger partial charge in [0, 0.05) is 4.90 Å². The minimum Gasteiger partial charge on any atom is -0.126 e. The molecule has 1 heteroatoms. The molecule has 0 spiro atoms. The molecule has 0 fully saturated rings. The molecule has 2 aromatic carbocycles. The van der Waals surface area contributed by atoms with Crippen molar-refractivity contribution in [3.8, 4) is 11.1 Å². The van der Waals surface area contributed by atoms with Crippen LogP contribution in [0.4, 0.5) is 0 Å². The zero-order chi connectivity index (χ0) is 10.5. The molecule has 0 aromatic heterocycles. The van der Waals surface area contributed by atoms with Crippen LogP contribution >= 0.6 is 11.8 Å². The molecule has 0 atom stereocenters. The standard InChI is InChI=1S/C14H13S/c1-2-15-14-10-8-13(9-11-14)12-6-4-3-5-7-12/h3-11H,1-2H2. The predicted octanol–water partition coefficient (Wildman–Crippen LogP) is 4.28. The first-order valence-corrected chi connectivity index (χ1v) is 5.96. The highest BCUT2D eigenvalue weighted by molar-refractivity contribution is 7.99. The van der Waals surface area contributed by atoms with Crippen LogP contribution in [0.25, 0.3) is 11.1 Å². The Morgan fingerprint density at radius 1 is 0.800 bits per heavy atom. The Labute approximate surface area is 95.3 Å². The fourth-order valence-electron chi connectivity index (χ4n) is 1.49. The molecular weight excluding hydrogens is 200 g/mol. The molecule has 1 radical (unpaired) electrons. The highest BCUT2D eigenvalue weighted by atomic mass is 32.2. The minimum absolute atomic E-state index is 0.880. The largest absolute Gasteiger partial charge is 0.126 e. The number of hydrogen-bond acceptors (Lipinski definition) is 1. The van der Waals surface area contributed by atoms with Crippen molar-refractivity contribution in [1.29, 1.82) is 0 Å². The van der Waals surface area contributed by atoms with E-state index in [4.69, 9.17) is 0 Å². The van der Waals surface area contributed by atoms with Crippen molar-refractivity contribution in [2.75, 3.05) is 5.75 Å². The smallest absolute Gasteiger partial charge is 0.00723 e. The third-order valence-electron chi connectivity index (χ3n) is 2.23. The number of thioether (sulfide) groups is 1. The van der Waals surface area contributed by atoms with E-state index in [9.17, 15) is 0 Å². The monoisotopic (exact) mass is 213 g/mol. The van der Waals surface area contributed by atoms with Crippen molar-refractivity contribution in [2.24, 2.45) is 0 Å². The number of rotatable bonds is 3. The molecule has 0 heterocycles. The van der Waals surface area contributed by atoms with Crippen LogP contribution in [0.3, 0.4) is 0 Å². The lowest BCUT2D eigenvalue weighted by Gasteiger charge is -2.02. The van der Waals surface area contributed by atoms with E-state index in [2.05, 4.69) is 55.5 Å². The molecule has 0 bridgehead atoms. The molecule has 15 heavy (non-hydrogen) atoms. The Hall–Kier alpha value is -1.21. The van der Waals surface area contributed by atoms with Gasteiger partial charge in [-0.25, -0.2) is 0 Å². The molecule has 0 aliphatic heterocycles. The molecule has 0 amide bonds. The summed E-state index contributed by atoms with van der Waals surface area (Å²) < 4.78 is 0. The summed E-state index contributed by atoms with van der Waals surface area (Å²) in [4.78, 5) is 1.28.